The summed E-state index contributed by atoms with van der Waals surface area (Å²) in [6, 6.07) is 6.83. The number of nitrogens with one attached hydrogen (secondary N) is 1. The highest BCUT2D eigenvalue weighted by Gasteiger charge is 2.27. The Bertz CT molecular complexity index is 557. The lowest BCUT2D eigenvalue weighted by atomic mass is 10.3. The summed E-state index contributed by atoms with van der Waals surface area (Å²) in [5.41, 5.74) is 2.29. The van der Waals surface area contributed by atoms with E-state index in [2.05, 4.69) is 16.0 Å². The number of hydrogen-bond donors (Lipinski definition) is 1. The molecule has 1 heterocycles. The number of likely N-dealkylation sites (N-methyl/N-ethyl adjacent to an activating group) is 1. The number of rotatable bonds is 5. The van der Waals surface area contributed by atoms with E-state index in [1.54, 1.807) is 7.11 Å². The first-order valence-corrected chi connectivity index (χ1v) is 6.53. The molecule has 0 saturated heterocycles. The standard InChI is InChI=1S/C14H19N3O/c1-15-8-7-14-16-12-9-11(18-2)5-6-13(12)17(14)10-3-4-10/h5-6,9-10,15H,3-4,7-8H2,1-2H3. The van der Waals surface area contributed by atoms with Crippen LogP contribution in [0.15, 0.2) is 18.2 Å². The molecule has 0 radical (unpaired) electrons. The topological polar surface area (TPSA) is 39.1 Å². The van der Waals surface area contributed by atoms with Gasteiger partial charge in [0.1, 0.15) is 11.6 Å². The number of nitrogens with zero attached hydrogens (tertiary/aromatic N) is 2. The number of benzene rings is 1. The van der Waals surface area contributed by atoms with Crippen LogP contribution in [0.25, 0.3) is 11.0 Å². The quantitative estimate of drug-likeness (QED) is 0.877. The van der Waals surface area contributed by atoms with Gasteiger partial charge in [0.2, 0.25) is 0 Å². The molecular weight excluding hydrogens is 226 g/mol. The molecule has 1 aromatic heterocycles. The van der Waals surface area contributed by atoms with Crippen LogP contribution in [0.2, 0.25) is 0 Å². The smallest absolute Gasteiger partial charge is 0.121 e. The molecule has 18 heavy (non-hydrogen) atoms. The first-order valence-electron chi connectivity index (χ1n) is 6.53. The third-order valence-corrected chi connectivity index (χ3v) is 3.48. The Morgan fingerprint density at radius 3 is 2.94 bits per heavy atom. The summed E-state index contributed by atoms with van der Waals surface area (Å²) >= 11 is 0. The lowest BCUT2D eigenvalue weighted by molar-refractivity contribution is 0.415. The first kappa shape index (κ1) is 11.5. The zero-order valence-corrected chi connectivity index (χ0v) is 10.9. The normalized spacial score (nSPS) is 15.2. The van der Waals surface area contributed by atoms with Crippen LogP contribution < -0.4 is 10.1 Å². The number of fused-ring (bicyclic) bond motifs is 1. The minimum absolute atomic E-state index is 0.662. The van der Waals surface area contributed by atoms with Crippen molar-refractivity contribution in [2.75, 3.05) is 20.7 Å². The minimum atomic E-state index is 0.662. The molecule has 1 aliphatic carbocycles. The van der Waals surface area contributed by atoms with Gasteiger partial charge in [-0.1, -0.05) is 0 Å². The molecule has 1 aliphatic rings. The minimum Gasteiger partial charge on any atom is -0.497 e. The van der Waals surface area contributed by atoms with Crippen molar-refractivity contribution in [2.24, 2.45) is 0 Å². The van der Waals surface area contributed by atoms with Gasteiger partial charge < -0.3 is 14.6 Å². The molecule has 0 amide bonds. The summed E-state index contributed by atoms with van der Waals surface area (Å²) in [4.78, 5) is 4.76. The molecule has 0 aliphatic heterocycles. The SMILES string of the molecule is CNCCc1nc2cc(OC)ccc2n1C1CC1. The van der Waals surface area contributed by atoms with Crippen molar-refractivity contribution in [1.82, 2.24) is 14.9 Å². The summed E-state index contributed by atoms with van der Waals surface area (Å²) in [6.45, 7) is 0.965. The number of hydrogen-bond acceptors (Lipinski definition) is 3. The number of imidazole rings is 1. The van der Waals surface area contributed by atoms with E-state index in [9.17, 15) is 0 Å². The van der Waals surface area contributed by atoms with Gasteiger partial charge in [-0.2, -0.15) is 0 Å². The summed E-state index contributed by atoms with van der Waals surface area (Å²) in [5, 5.41) is 3.19. The van der Waals surface area contributed by atoms with Gasteiger partial charge in [0.25, 0.3) is 0 Å². The summed E-state index contributed by atoms with van der Waals surface area (Å²) in [7, 11) is 3.67. The van der Waals surface area contributed by atoms with Gasteiger partial charge in [0, 0.05) is 25.1 Å². The molecule has 1 fully saturated rings. The summed E-state index contributed by atoms with van der Waals surface area (Å²) in [5.74, 6) is 2.07. The van der Waals surface area contributed by atoms with Crippen molar-refractivity contribution in [2.45, 2.75) is 25.3 Å². The molecule has 3 rings (SSSR count). The number of methoxy groups -OCH3 is 1. The van der Waals surface area contributed by atoms with Gasteiger partial charge in [-0.15, -0.1) is 0 Å². The van der Waals surface area contributed by atoms with E-state index in [1.807, 2.05) is 19.2 Å². The van der Waals surface area contributed by atoms with Crippen molar-refractivity contribution in [3.63, 3.8) is 0 Å². The highest BCUT2D eigenvalue weighted by Crippen LogP contribution is 2.39. The molecule has 0 atom stereocenters. The Hall–Kier alpha value is -1.55. The molecule has 4 nitrogen and oxygen atoms in total. The fourth-order valence-corrected chi connectivity index (χ4v) is 2.41. The molecular formula is C14H19N3O. The molecule has 4 heteroatoms. The van der Waals surface area contributed by atoms with E-state index in [0.29, 0.717) is 6.04 Å². The van der Waals surface area contributed by atoms with E-state index in [4.69, 9.17) is 9.72 Å². The second-order valence-electron chi connectivity index (χ2n) is 4.84. The zero-order chi connectivity index (χ0) is 12.5. The molecule has 1 N–H and O–H groups in total. The number of ether oxygens (including phenoxy) is 1. The van der Waals surface area contributed by atoms with Crippen molar-refractivity contribution in [1.29, 1.82) is 0 Å². The van der Waals surface area contributed by atoms with Crippen molar-refractivity contribution < 1.29 is 4.74 Å². The van der Waals surface area contributed by atoms with Crippen molar-refractivity contribution in [3.8, 4) is 5.75 Å². The molecule has 0 spiro atoms. The largest absolute Gasteiger partial charge is 0.497 e. The summed E-state index contributed by atoms with van der Waals surface area (Å²) < 4.78 is 7.68. The van der Waals surface area contributed by atoms with Crippen LogP contribution in [0, 0.1) is 0 Å². The Kier molecular flexibility index (Phi) is 2.96. The Labute approximate surface area is 107 Å². The van der Waals surface area contributed by atoms with Crippen molar-refractivity contribution in [3.05, 3.63) is 24.0 Å². The fraction of sp³-hybridized carbons (Fsp3) is 0.500. The van der Waals surface area contributed by atoms with Gasteiger partial charge in [-0.05, 0) is 32.0 Å². The van der Waals surface area contributed by atoms with Crippen molar-refractivity contribution >= 4 is 11.0 Å². The lowest BCUT2D eigenvalue weighted by Crippen LogP contribution is -2.13. The maximum absolute atomic E-state index is 5.27. The van der Waals surface area contributed by atoms with Crippen LogP contribution >= 0.6 is 0 Å². The second kappa shape index (κ2) is 4.61. The van der Waals surface area contributed by atoms with Gasteiger partial charge in [0.05, 0.1) is 18.1 Å². The Morgan fingerprint density at radius 2 is 2.28 bits per heavy atom. The van der Waals surface area contributed by atoms with Gasteiger partial charge in [-0.3, -0.25) is 0 Å². The first-order chi connectivity index (χ1) is 8.83. The van der Waals surface area contributed by atoms with Crippen LogP contribution in [0.3, 0.4) is 0 Å². The summed E-state index contributed by atoms with van der Waals surface area (Å²) in [6.07, 6.45) is 3.54. The average molecular weight is 245 g/mol. The van der Waals surface area contributed by atoms with Crippen LogP contribution in [-0.2, 0) is 6.42 Å². The highest BCUT2D eigenvalue weighted by molar-refractivity contribution is 5.78. The average Bonchev–Trinajstić information content (AvgIpc) is 3.16. The number of aromatic nitrogens is 2. The van der Waals surface area contributed by atoms with E-state index in [1.165, 1.54) is 24.2 Å². The molecule has 0 unspecified atom stereocenters. The van der Waals surface area contributed by atoms with E-state index in [0.717, 1.165) is 24.2 Å². The maximum atomic E-state index is 5.27. The van der Waals surface area contributed by atoms with Gasteiger partial charge in [0.15, 0.2) is 0 Å². The van der Waals surface area contributed by atoms with Crippen LogP contribution in [-0.4, -0.2) is 30.3 Å². The van der Waals surface area contributed by atoms with Crippen LogP contribution in [0.4, 0.5) is 0 Å². The third kappa shape index (κ3) is 1.97. The third-order valence-electron chi connectivity index (χ3n) is 3.48. The van der Waals surface area contributed by atoms with Crippen LogP contribution in [0.5, 0.6) is 5.75 Å². The molecule has 2 aromatic rings. The van der Waals surface area contributed by atoms with E-state index in [-0.39, 0.29) is 0 Å². The zero-order valence-electron chi connectivity index (χ0n) is 10.9. The predicted octanol–water partition coefficient (Wildman–Crippen LogP) is 2.14. The maximum Gasteiger partial charge on any atom is 0.121 e. The van der Waals surface area contributed by atoms with Gasteiger partial charge >= 0.3 is 0 Å². The molecule has 1 saturated carbocycles. The second-order valence-corrected chi connectivity index (χ2v) is 4.84. The fourth-order valence-electron chi connectivity index (χ4n) is 2.41. The molecule has 1 aromatic carbocycles. The Balaban J connectivity index is 2.06. The van der Waals surface area contributed by atoms with Crippen LogP contribution in [0.1, 0.15) is 24.7 Å². The van der Waals surface area contributed by atoms with Gasteiger partial charge in [-0.25, -0.2) is 4.98 Å². The monoisotopic (exact) mass is 245 g/mol. The lowest BCUT2D eigenvalue weighted by Gasteiger charge is -2.07. The Morgan fingerprint density at radius 1 is 1.44 bits per heavy atom. The molecule has 96 valence electrons. The predicted molar refractivity (Wildman–Crippen MR) is 72.2 cm³/mol. The van der Waals surface area contributed by atoms with E-state index >= 15 is 0 Å². The molecule has 0 bridgehead atoms. The highest BCUT2D eigenvalue weighted by atomic mass is 16.5. The van der Waals surface area contributed by atoms with E-state index < -0.39 is 0 Å².